The lowest BCUT2D eigenvalue weighted by molar-refractivity contribution is 0.0582. The van der Waals surface area contributed by atoms with E-state index in [1.54, 1.807) is 0 Å². The van der Waals surface area contributed by atoms with Crippen LogP contribution in [0, 0.1) is 17.8 Å². The highest BCUT2D eigenvalue weighted by Gasteiger charge is 2.21. The maximum Gasteiger partial charge on any atom is 0.0603 e. The highest BCUT2D eigenvalue weighted by Crippen LogP contribution is 2.19. The zero-order valence-corrected chi connectivity index (χ0v) is 8.75. The molecular formula is C10H23NO. The largest absolute Gasteiger partial charge is 0.393 e. The number of aliphatic hydroxyl groups excluding tert-OH is 1. The van der Waals surface area contributed by atoms with Crippen LogP contribution in [-0.4, -0.2) is 17.8 Å². The summed E-state index contributed by atoms with van der Waals surface area (Å²) in [5, 5.41) is 9.76. The molecule has 0 aromatic heterocycles. The molecule has 0 heterocycles. The summed E-state index contributed by atoms with van der Waals surface area (Å²) in [4.78, 5) is 0. The van der Waals surface area contributed by atoms with Gasteiger partial charge in [-0.25, -0.2) is 0 Å². The molecule has 74 valence electrons. The van der Waals surface area contributed by atoms with Gasteiger partial charge in [0, 0.05) is 0 Å². The molecule has 2 unspecified atom stereocenters. The van der Waals surface area contributed by atoms with Crippen molar-refractivity contribution in [3.8, 4) is 0 Å². The van der Waals surface area contributed by atoms with Crippen LogP contribution in [-0.2, 0) is 0 Å². The molecule has 0 amide bonds. The van der Waals surface area contributed by atoms with Gasteiger partial charge in [0.25, 0.3) is 0 Å². The van der Waals surface area contributed by atoms with Crippen LogP contribution in [0.25, 0.3) is 0 Å². The molecule has 12 heavy (non-hydrogen) atoms. The Morgan fingerprint density at radius 2 is 1.67 bits per heavy atom. The molecule has 0 aliphatic carbocycles. The van der Waals surface area contributed by atoms with Crippen molar-refractivity contribution in [1.29, 1.82) is 0 Å². The Bertz CT molecular complexity index is 112. The van der Waals surface area contributed by atoms with E-state index in [1.807, 2.05) is 13.8 Å². The lowest BCUT2D eigenvalue weighted by Crippen LogP contribution is -2.32. The Morgan fingerprint density at radius 3 is 1.92 bits per heavy atom. The van der Waals surface area contributed by atoms with Gasteiger partial charge in [0.05, 0.1) is 6.10 Å². The average molecular weight is 173 g/mol. The number of hydrogen-bond acceptors (Lipinski definition) is 2. The molecule has 0 rings (SSSR count). The number of rotatable bonds is 5. The van der Waals surface area contributed by atoms with Crippen molar-refractivity contribution in [1.82, 2.24) is 0 Å². The highest BCUT2D eigenvalue weighted by atomic mass is 16.3. The quantitative estimate of drug-likeness (QED) is 0.663. The first-order chi connectivity index (χ1) is 5.49. The molecule has 0 saturated heterocycles. The Kier molecular flexibility index (Phi) is 5.51. The van der Waals surface area contributed by atoms with E-state index in [2.05, 4.69) is 13.8 Å². The van der Waals surface area contributed by atoms with Crippen LogP contribution in [0.5, 0.6) is 0 Å². The molecule has 2 heteroatoms. The van der Waals surface area contributed by atoms with Crippen LogP contribution in [0.2, 0.25) is 0 Å². The second kappa shape index (κ2) is 5.55. The molecule has 0 fully saturated rings. The maximum atomic E-state index is 9.76. The average Bonchev–Trinajstić information content (AvgIpc) is 1.98. The molecule has 0 spiro atoms. The van der Waals surface area contributed by atoms with E-state index < -0.39 is 0 Å². The Hall–Kier alpha value is -0.0800. The van der Waals surface area contributed by atoms with E-state index in [9.17, 15) is 5.11 Å². The predicted octanol–water partition coefficient (Wildman–Crippen LogP) is 1.62. The molecule has 0 radical (unpaired) electrons. The van der Waals surface area contributed by atoms with Crippen LogP contribution < -0.4 is 5.73 Å². The molecule has 0 aromatic carbocycles. The van der Waals surface area contributed by atoms with Gasteiger partial charge in [-0.3, -0.25) is 0 Å². The second-order valence-corrected chi connectivity index (χ2v) is 4.36. The van der Waals surface area contributed by atoms with Crippen LogP contribution >= 0.6 is 0 Å². The van der Waals surface area contributed by atoms with Crippen molar-refractivity contribution in [3.05, 3.63) is 0 Å². The van der Waals surface area contributed by atoms with Crippen molar-refractivity contribution in [2.45, 2.75) is 40.2 Å². The van der Waals surface area contributed by atoms with Gasteiger partial charge in [0.2, 0.25) is 0 Å². The van der Waals surface area contributed by atoms with Crippen molar-refractivity contribution < 1.29 is 5.11 Å². The van der Waals surface area contributed by atoms with Crippen molar-refractivity contribution >= 4 is 0 Å². The summed E-state index contributed by atoms with van der Waals surface area (Å²) in [7, 11) is 0. The summed E-state index contributed by atoms with van der Waals surface area (Å²) in [5.41, 5.74) is 5.60. The maximum absolute atomic E-state index is 9.76. The van der Waals surface area contributed by atoms with Crippen molar-refractivity contribution in [2.24, 2.45) is 23.5 Å². The molecule has 0 aliphatic rings. The minimum atomic E-state index is -0.239. The van der Waals surface area contributed by atoms with Crippen LogP contribution in [0.1, 0.15) is 34.1 Å². The van der Waals surface area contributed by atoms with Crippen LogP contribution in [0.3, 0.4) is 0 Å². The van der Waals surface area contributed by atoms with Gasteiger partial charge >= 0.3 is 0 Å². The van der Waals surface area contributed by atoms with E-state index in [0.717, 1.165) is 6.42 Å². The zero-order chi connectivity index (χ0) is 9.72. The molecule has 2 nitrogen and oxygen atoms in total. The first kappa shape index (κ1) is 11.9. The lowest BCUT2D eigenvalue weighted by Gasteiger charge is -2.25. The first-order valence-electron chi connectivity index (χ1n) is 4.87. The normalized spacial score (nSPS) is 17.0. The van der Waals surface area contributed by atoms with Gasteiger partial charge in [-0.2, -0.15) is 0 Å². The van der Waals surface area contributed by atoms with Gasteiger partial charge in [0.1, 0.15) is 0 Å². The van der Waals surface area contributed by atoms with Gasteiger partial charge in [-0.1, -0.05) is 27.7 Å². The van der Waals surface area contributed by atoms with E-state index >= 15 is 0 Å². The number of hydrogen-bond donors (Lipinski definition) is 2. The molecule has 3 N–H and O–H groups in total. The van der Waals surface area contributed by atoms with E-state index in [4.69, 9.17) is 5.73 Å². The van der Waals surface area contributed by atoms with Crippen molar-refractivity contribution in [2.75, 3.05) is 6.54 Å². The van der Waals surface area contributed by atoms with Crippen molar-refractivity contribution in [3.63, 3.8) is 0 Å². The molecule has 0 aromatic rings. The lowest BCUT2D eigenvalue weighted by atomic mass is 9.87. The first-order valence-corrected chi connectivity index (χ1v) is 4.87. The Morgan fingerprint density at radius 1 is 1.17 bits per heavy atom. The van der Waals surface area contributed by atoms with Gasteiger partial charge < -0.3 is 10.8 Å². The monoisotopic (exact) mass is 173 g/mol. The topological polar surface area (TPSA) is 46.2 Å². The summed E-state index contributed by atoms with van der Waals surface area (Å²) in [6.07, 6.45) is 0.785. The van der Waals surface area contributed by atoms with Gasteiger partial charge in [-0.15, -0.1) is 0 Å². The zero-order valence-electron chi connectivity index (χ0n) is 8.75. The SMILES string of the molecule is CC(C)CC(CN)C(O)C(C)C. The standard InChI is InChI=1S/C10H23NO/c1-7(2)5-9(6-11)10(12)8(3)4/h7-10,12H,5-6,11H2,1-4H3. The summed E-state index contributed by atoms with van der Waals surface area (Å²) in [5.74, 6) is 1.20. The van der Waals surface area contributed by atoms with Crippen LogP contribution in [0.4, 0.5) is 0 Å². The third-order valence-corrected chi connectivity index (χ3v) is 2.24. The summed E-state index contributed by atoms with van der Waals surface area (Å²) in [6, 6.07) is 0. The fraction of sp³-hybridized carbons (Fsp3) is 1.00. The number of nitrogens with two attached hydrogens (primary N) is 1. The summed E-state index contributed by atoms with van der Waals surface area (Å²) in [6.45, 7) is 8.99. The Balaban J connectivity index is 3.96. The highest BCUT2D eigenvalue weighted by molar-refractivity contribution is 4.73. The molecular weight excluding hydrogens is 150 g/mol. The van der Waals surface area contributed by atoms with E-state index in [0.29, 0.717) is 18.4 Å². The molecule has 0 saturated carbocycles. The Labute approximate surface area is 76.2 Å². The molecule has 0 aliphatic heterocycles. The fourth-order valence-corrected chi connectivity index (χ4v) is 1.52. The van der Waals surface area contributed by atoms with E-state index in [-0.39, 0.29) is 12.0 Å². The van der Waals surface area contributed by atoms with Gasteiger partial charge in [0.15, 0.2) is 0 Å². The third-order valence-electron chi connectivity index (χ3n) is 2.24. The van der Waals surface area contributed by atoms with E-state index in [1.165, 1.54) is 0 Å². The minimum absolute atomic E-state index is 0.239. The second-order valence-electron chi connectivity index (χ2n) is 4.36. The summed E-state index contributed by atoms with van der Waals surface area (Å²) >= 11 is 0. The van der Waals surface area contributed by atoms with Crippen LogP contribution in [0.15, 0.2) is 0 Å². The molecule has 2 atom stereocenters. The smallest absolute Gasteiger partial charge is 0.0603 e. The summed E-state index contributed by atoms with van der Waals surface area (Å²) < 4.78 is 0. The number of aliphatic hydroxyl groups is 1. The van der Waals surface area contributed by atoms with Gasteiger partial charge in [-0.05, 0) is 30.7 Å². The minimum Gasteiger partial charge on any atom is -0.393 e. The predicted molar refractivity (Wildman–Crippen MR) is 52.8 cm³/mol. The molecule has 0 bridgehead atoms. The third kappa shape index (κ3) is 4.07. The fourth-order valence-electron chi connectivity index (χ4n) is 1.52.